The summed E-state index contributed by atoms with van der Waals surface area (Å²) in [7, 11) is -2.73. The molecule has 1 aliphatic heterocycles. The number of carbonyl (C=O) groups excluding carboxylic acids is 2. The van der Waals surface area contributed by atoms with Gasteiger partial charge in [0, 0.05) is 30.1 Å². The summed E-state index contributed by atoms with van der Waals surface area (Å²) < 4.78 is 66.6. The van der Waals surface area contributed by atoms with E-state index in [-0.39, 0.29) is 36.6 Å². The van der Waals surface area contributed by atoms with Gasteiger partial charge in [0.2, 0.25) is 10.0 Å². The number of benzene rings is 3. The van der Waals surface area contributed by atoms with Gasteiger partial charge in [-0.2, -0.15) is 4.31 Å². The maximum Gasteiger partial charge on any atom is 0.415 e. The molecule has 0 aliphatic carbocycles. The van der Waals surface area contributed by atoms with E-state index in [2.05, 4.69) is 5.32 Å². The van der Waals surface area contributed by atoms with Crippen molar-refractivity contribution >= 4 is 39.0 Å². The summed E-state index contributed by atoms with van der Waals surface area (Å²) in [5.41, 5.74) is 0.756. The number of cyclic esters (lactones) is 1. The Labute approximate surface area is 268 Å². The van der Waals surface area contributed by atoms with Crippen LogP contribution in [0.2, 0.25) is 0 Å². The van der Waals surface area contributed by atoms with E-state index in [4.69, 9.17) is 9.47 Å². The van der Waals surface area contributed by atoms with Gasteiger partial charge < -0.3 is 19.9 Å². The molecular formula is C32H31F2N3O7S2. The van der Waals surface area contributed by atoms with Crippen molar-refractivity contribution in [2.75, 3.05) is 25.1 Å². The molecule has 46 heavy (non-hydrogen) atoms. The molecule has 1 aromatic heterocycles. The molecule has 14 heteroatoms. The second-order valence-electron chi connectivity index (χ2n) is 10.5. The molecule has 1 saturated heterocycles. The average Bonchev–Trinajstić information content (AvgIpc) is 3.72. The highest BCUT2D eigenvalue weighted by atomic mass is 32.2. The standard InChI is InChI=1S/C32H31F2N3O7S2/c1-43-23-9-5-11-25(17-23)46(41,42)36(18-24-10-6-14-45-24)19-29(38)28(15-21-7-3-2-4-8-21)35-31(39)30-20-37(32(40)44-30)22-12-13-26(33)27(34)16-22/h2-14,16-17,28-30,38H,15,18-20H2,1H3,(H,35,39)/t28-,29+,30-/m0/s1. The van der Waals surface area contributed by atoms with E-state index in [9.17, 15) is 31.9 Å². The second-order valence-corrected chi connectivity index (χ2v) is 13.5. The fourth-order valence-corrected chi connectivity index (χ4v) is 7.23. The first kappa shape index (κ1) is 33.0. The molecule has 2 N–H and O–H groups in total. The highest BCUT2D eigenvalue weighted by Crippen LogP contribution is 2.26. The molecule has 2 amide bonds. The monoisotopic (exact) mass is 671 g/mol. The van der Waals surface area contributed by atoms with Crippen LogP contribution in [0.3, 0.4) is 0 Å². The van der Waals surface area contributed by atoms with Crippen molar-refractivity contribution in [3.63, 3.8) is 0 Å². The Morgan fingerprint density at radius 1 is 1.09 bits per heavy atom. The number of anilines is 1. The van der Waals surface area contributed by atoms with Crippen LogP contribution in [0.4, 0.5) is 19.3 Å². The van der Waals surface area contributed by atoms with Gasteiger partial charge in [-0.1, -0.05) is 42.5 Å². The topological polar surface area (TPSA) is 125 Å². The number of amides is 2. The number of aliphatic hydroxyl groups excluding tert-OH is 1. The number of carbonyl (C=O) groups is 2. The summed E-state index contributed by atoms with van der Waals surface area (Å²) in [5, 5.41) is 16.1. The highest BCUT2D eigenvalue weighted by Gasteiger charge is 2.39. The van der Waals surface area contributed by atoms with E-state index in [0.29, 0.717) is 5.75 Å². The van der Waals surface area contributed by atoms with Gasteiger partial charge in [-0.05, 0) is 47.7 Å². The molecule has 1 fully saturated rings. The van der Waals surface area contributed by atoms with Gasteiger partial charge >= 0.3 is 6.09 Å². The van der Waals surface area contributed by atoms with Gasteiger partial charge in [0.05, 0.1) is 36.4 Å². The number of aliphatic hydroxyl groups is 1. The summed E-state index contributed by atoms with van der Waals surface area (Å²) in [5.74, 6) is -2.67. The molecule has 3 aromatic carbocycles. The van der Waals surface area contributed by atoms with Gasteiger partial charge in [0.1, 0.15) is 5.75 Å². The van der Waals surface area contributed by atoms with Crippen LogP contribution in [-0.4, -0.2) is 68.3 Å². The number of halogens is 2. The summed E-state index contributed by atoms with van der Waals surface area (Å²) in [6, 6.07) is 20.4. The van der Waals surface area contributed by atoms with E-state index >= 15 is 0 Å². The van der Waals surface area contributed by atoms with Gasteiger partial charge in [0.15, 0.2) is 17.7 Å². The number of hydrogen-bond acceptors (Lipinski definition) is 8. The summed E-state index contributed by atoms with van der Waals surface area (Å²) in [6.07, 6.45) is -3.57. The lowest BCUT2D eigenvalue weighted by Gasteiger charge is -2.30. The van der Waals surface area contributed by atoms with Crippen LogP contribution >= 0.6 is 11.3 Å². The number of ether oxygens (including phenoxy) is 2. The Bertz CT molecular complexity index is 1780. The Morgan fingerprint density at radius 3 is 2.57 bits per heavy atom. The van der Waals surface area contributed by atoms with E-state index in [1.165, 1.54) is 36.6 Å². The molecular weight excluding hydrogens is 640 g/mol. The maximum atomic E-state index is 13.9. The molecule has 0 saturated carbocycles. The largest absolute Gasteiger partial charge is 0.497 e. The molecule has 5 rings (SSSR count). The first-order valence-corrected chi connectivity index (χ1v) is 16.5. The zero-order chi connectivity index (χ0) is 32.8. The highest BCUT2D eigenvalue weighted by molar-refractivity contribution is 7.89. The van der Waals surface area contributed by atoms with Crippen LogP contribution in [0.1, 0.15) is 10.4 Å². The van der Waals surface area contributed by atoms with Gasteiger partial charge in [-0.3, -0.25) is 9.69 Å². The van der Waals surface area contributed by atoms with Crippen LogP contribution in [0.15, 0.2) is 95.2 Å². The molecule has 242 valence electrons. The zero-order valence-corrected chi connectivity index (χ0v) is 26.2. The van der Waals surface area contributed by atoms with Crippen LogP contribution < -0.4 is 15.0 Å². The van der Waals surface area contributed by atoms with Crippen LogP contribution in [0.5, 0.6) is 5.75 Å². The second kappa shape index (κ2) is 14.4. The van der Waals surface area contributed by atoms with Gasteiger partial charge in [0.25, 0.3) is 5.91 Å². The fourth-order valence-electron chi connectivity index (χ4n) is 4.96. The van der Waals surface area contributed by atoms with Gasteiger partial charge in [-0.25, -0.2) is 22.0 Å². The molecule has 0 bridgehead atoms. The minimum Gasteiger partial charge on any atom is -0.497 e. The van der Waals surface area contributed by atoms with E-state index in [1.54, 1.807) is 48.5 Å². The molecule has 1 aliphatic rings. The third-order valence-electron chi connectivity index (χ3n) is 7.39. The van der Waals surface area contributed by atoms with Crippen LogP contribution in [0, 0.1) is 11.6 Å². The van der Waals surface area contributed by atoms with Crippen molar-refractivity contribution in [2.45, 2.75) is 36.1 Å². The Kier molecular flexibility index (Phi) is 10.3. The number of sulfonamides is 1. The third kappa shape index (κ3) is 7.70. The molecule has 0 unspecified atom stereocenters. The normalized spacial score (nSPS) is 16.2. The van der Waals surface area contributed by atoms with E-state index in [0.717, 1.165) is 31.8 Å². The molecule has 0 radical (unpaired) electrons. The lowest BCUT2D eigenvalue weighted by atomic mass is 10.0. The Balaban J connectivity index is 1.38. The number of nitrogens with zero attached hydrogens (tertiary/aromatic N) is 2. The number of methoxy groups -OCH3 is 1. The number of thiophene rings is 1. The molecule has 2 heterocycles. The average molecular weight is 672 g/mol. The number of nitrogens with one attached hydrogen (secondary N) is 1. The fraction of sp³-hybridized carbons (Fsp3) is 0.250. The molecule has 3 atom stereocenters. The van der Waals surface area contributed by atoms with E-state index < -0.39 is 51.9 Å². The van der Waals surface area contributed by atoms with E-state index in [1.807, 2.05) is 11.4 Å². The number of rotatable bonds is 13. The van der Waals surface area contributed by atoms with Crippen molar-refractivity contribution in [2.24, 2.45) is 0 Å². The maximum absolute atomic E-state index is 13.9. The lowest BCUT2D eigenvalue weighted by molar-refractivity contribution is -0.129. The SMILES string of the molecule is COc1cccc(S(=O)(=O)N(Cc2cccs2)C[C@@H](O)[C@H](Cc2ccccc2)NC(=O)[C@@H]2CN(c3ccc(F)c(F)c3)C(=O)O2)c1. The van der Waals surface area contributed by atoms with Crippen molar-refractivity contribution in [1.29, 1.82) is 0 Å². The first-order chi connectivity index (χ1) is 22.0. The third-order valence-corrected chi connectivity index (χ3v) is 10.1. The van der Waals surface area contributed by atoms with Crippen molar-refractivity contribution in [3.8, 4) is 5.75 Å². The first-order valence-electron chi connectivity index (χ1n) is 14.2. The molecule has 4 aromatic rings. The quantitative estimate of drug-likeness (QED) is 0.217. The molecule has 10 nitrogen and oxygen atoms in total. The lowest BCUT2D eigenvalue weighted by Crippen LogP contribution is -2.53. The van der Waals surface area contributed by atoms with Crippen LogP contribution in [0.25, 0.3) is 0 Å². The predicted molar refractivity (Wildman–Crippen MR) is 167 cm³/mol. The predicted octanol–water partition coefficient (Wildman–Crippen LogP) is 4.34. The van der Waals surface area contributed by atoms with Crippen molar-refractivity contribution in [1.82, 2.24) is 9.62 Å². The van der Waals surface area contributed by atoms with Crippen molar-refractivity contribution < 1.29 is 41.4 Å². The summed E-state index contributed by atoms with van der Waals surface area (Å²) in [6.45, 7) is -0.719. The Morgan fingerprint density at radius 2 is 1.87 bits per heavy atom. The summed E-state index contributed by atoms with van der Waals surface area (Å²) >= 11 is 1.36. The Hall–Kier alpha value is -4.37. The smallest absolute Gasteiger partial charge is 0.415 e. The zero-order valence-electron chi connectivity index (χ0n) is 24.6. The minimum absolute atomic E-state index is 0.00652. The molecule has 0 spiro atoms. The van der Waals surface area contributed by atoms with Crippen LogP contribution in [-0.2, 0) is 32.5 Å². The van der Waals surface area contributed by atoms with Crippen molar-refractivity contribution in [3.05, 3.63) is 112 Å². The minimum atomic E-state index is -4.15. The summed E-state index contributed by atoms with van der Waals surface area (Å²) in [4.78, 5) is 27.7. The van der Waals surface area contributed by atoms with Gasteiger partial charge in [-0.15, -0.1) is 11.3 Å². The number of hydrogen-bond donors (Lipinski definition) is 2.